The number of hydrogen-bond acceptors (Lipinski definition) is 2. The second kappa shape index (κ2) is 6.52. The summed E-state index contributed by atoms with van der Waals surface area (Å²) in [6.45, 7) is 4.09. The van der Waals surface area contributed by atoms with Crippen LogP contribution in [0.2, 0.25) is 0 Å². The molecule has 0 bridgehead atoms. The van der Waals surface area contributed by atoms with E-state index in [0.717, 1.165) is 14.6 Å². The SMILES string of the molecule is CC(C)CC(N)C(=O)Nc1ccc(Br)cc1Br. The van der Waals surface area contributed by atoms with Crippen LogP contribution in [-0.4, -0.2) is 11.9 Å². The van der Waals surface area contributed by atoms with Crippen molar-refractivity contribution in [2.45, 2.75) is 26.3 Å². The zero-order chi connectivity index (χ0) is 13.0. The van der Waals surface area contributed by atoms with Crippen molar-refractivity contribution in [3.8, 4) is 0 Å². The van der Waals surface area contributed by atoms with Gasteiger partial charge in [0.2, 0.25) is 5.91 Å². The average molecular weight is 364 g/mol. The molecule has 0 spiro atoms. The maximum absolute atomic E-state index is 11.8. The monoisotopic (exact) mass is 362 g/mol. The molecule has 0 heterocycles. The van der Waals surface area contributed by atoms with E-state index >= 15 is 0 Å². The summed E-state index contributed by atoms with van der Waals surface area (Å²) < 4.78 is 1.78. The largest absolute Gasteiger partial charge is 0.324 e. The van der Waals surface area contributed by atoms with Gasteiger partial charge in [-0.1, -0.05) is 29.8 Å². The average Bonchev–Trinajstić information content (AvgIpc) is 2.21. The van der Waals surface area contributed by atoms with Crippen molar-refractivity contribution in [1.82, 2.24) is 0 Å². The van der Waals surface area contributed by atoms with Crippen LogP contribution >= 0.6 is 31.9 Å². The van der Waals surface area contributed by atoms with Crippen molar-refractivity contribution >= 4 is 43.5 Å². The van der Waals surface area contributed by atoms with Crippen LogP contribution in [0, 0.1) is 5.92 Å². The van der Waals surface area contributed by atoms with E-state index < -0.39 is 6.04 Å². The normalized spacial score (nSPS) is 12.6. The van der Waals surface area contributed by atoms with Gasteiger partial charge >= 0.3 is 0 Å². The molecule has 0 aliphatic rings. The second-order valence-electron chi connectivity index (χ2n) is 4.35. The molecule has 0 aliphatic heterocycles. The molecule has 1 aromatic carbocycles. The van der Waals surface area contributed by atoms with Gasteiger partial charge in [0.15, 0.2) is 0 Å². The highest BCUT2D eigenvalue weighted by molar-refractivity contribution is 9.11. The Hall–Kier alpha value is -0.390. The number of nitrogens with two attached hydrogens (primary N) is 1. The van der Waals surface area contributed by atoms with Crippen molar-refractivity contribution in [1.29, 1.82) is 0 Å². The van der Waals surface area contributed by atoms with Gasteiger partial charge in [-0.25, -0.2) is 0 Å². The van der Waals surface area contributed by atoms with E-state index in [1.807, 2.05) is 32.0 Å². The van der Waals surface area contributed by atoms with Crippen LogP contribution in [0.25, 0.3) is 0 Å². The highest BCUT2D eigenvalue weighted by Gasteiger charge is 2.15. The van der Waals surface area contributed by atoms with E-state index in [1.165, 1.54) is 0 Å². The van der Waals surface area contributed by atoms with Crippen molar-refractivity contribution in [3.63, 3.8) is 0 Å². The summed E-state index contributed by atoms with van der Waals surface area (Å²) in [6, 6.07) is 5.11. The molecule has 1 atom stereocenters. The molecule has 94 valence electrons. The molecule has 3 N–H and O–H groups in total. The molecule has 1 aromatic rings. The molecule has 0 radical (unpaired) electrons. The van der Waals surface area contributed by atoms with Gasteiger partial charge in [0.1, 0.15) is 0 Å². The molecule has 0 saturated heterocycles. The van der Waals surface area contributed by atoms with Crippen molar-refractivity contribution < 1.29 is 4.79 Å². The van der Waals surface area contributed by atoms with Crippen molar-refractivity contribution in [3.05, 3.63) is 27.1 Å². The number of carbonyl (C=O) groups excluding carboxylic acids is 1. The zero-order valence-electron chi connectivity index (χ0n) is 9.84. The zero-order valence-corrected chi connectivity index (χ0v) is 13.0. The Morgan fingerprint density at radius 3 is 2.59 bits per heavy atom. The van der Waals surface area contributed by atoms with Gasteiger partial charge in [-0.05, 0) is 46.5 Å². The van der Waals surface area contributed by atoms with E-state index in [9.17, 15) is 4.79 Å². The van der Waals surface area contributed by atoms with E-state index in [2.05, 4.69) is 37.2 Å². The van der Waals surface area contributed by atoms with Crippen LogP contribution < -0.4 is 11.1 Å². The fraction of sp³-hybridized carbons (Fsp3) is 0.417. The topological polar surface area (TPSA) is 55.1 Å². The number of hydrogen-bond donors (Lipinski definition) is 2. The third-order valence-corrected chi connectivity index (χ3v) is 3.40. The third-order valence-electron chi connectivity index (χ3n) is 2.25. The van der Waals surface area contributed by atoms with Gasteiger partial charge in [0.05, 0.1) is 11.7 Å². The molecule has 0 fully saturated rings. The van der Waals surface area contributed by atoms with Crippen LogP contribution in [-0.2, 0) is 4.79 Å². The Morgan fingerprint density at radius 1 is 1.41 bits per heavy atom. The van der Waals surface area contributed by atoms with Crippen LogP contribution in [0.4, 0.5) is 5.69 Å². The second-order valence-corrected chi connectivity index (χ2v) is 6.12. The van der Waals surface area contributed by atoms with E-state index in [1.54, 1.807) is 0 Å². The Kier molecular flexibility index (Phi) is 5.62. The van der Waals surface area contributed by atoms with Gasteiger partial charge in [0.25, 0.3) is 0 Å². The molecule has 1 rings (SSSR count). The number of rotatable bonds is 4. The van der Waals surface area contributed by atoms with E-state index in [4.69, 9.17) is 5.73 Å². The summed E-state index contributed by atoms with van der Waals surface area (Å²) in [5.41, 5.74) is 6.54. The summed E-state index contributed by atoms with van der Waals surface area (Å²) in [5.74, 6) is 0.255. The molecule has 5 heteroatoms. The highest BCUT2D eigenvalue weighted by Crippen LogP contribution is 2.26. The van der Waals surface area contributed by atoms with E-state index in [-0.39, 0.29) is 5.91 Å². The van der Waals surface area contributed by atoms with Crippen molar-refractivity contribution in [2.75, 3.05) is 5.32 Å². The first kappa shape index (κ1) is 14.7. The summed E-state index contributed by atoms with van der Waals surface area (Å²) in [5, 5.41) is 2.81. The lowest BCUT2D eigenvalue weighted by Crippen LogP contribution is -2.36. The smallest absolute Gasteiger partial charge is 0.241 e. The molecule has 1 unspecified atom stereocenters. The first-order valence-electron chi connectivity index (χ1n) is 5.41. The number of amides is 1. The Labute approximate surface area is 118 Å². The lowest BCUT2D eigenvalue weighted by Gasteiger charge is -2.15. The highest BCUT2D eigenvalue weighted by atomic mass is 79.9. The van der Waals surface area contributed by atoms with Gasteiger partial charge in [-0.2, -0.15) is 0 Å². The first-order valence-corrected chi connectivity index (χ1v) is 7.00. The van der Waals surface area contributed by atoms with Crippen LogP contribution in [0.15, 0.2) is 27.1 Å². The number of anilines is 1. The molecule has 0 saturated carbocycles. The first-order chi connectivity index (χ1) is 7.90. The van der Waals surface area contributed by atoms with Crippen LogP contribution in [0.5, 0.6) is 0 Å². The minimum Gasteiger partial charge on any atom is -0.324 e. The molecular weight excluding hydrogens is 348 g/mol. The van der Waals surface area contributed by atoms with Crippen LogP contribution in [0.1, 0.15) is 20.3 Å². The summed E-state index contributed by atoms with van der Waals surface area (Å²) in [4.78, 5) is 11.8. The van der Waals surface area contributed by atoms with E-state index in [0.29, 0.717) is 12.3 Å². The molecule has 17 heavy (non-hydrogen) atoms. The lowest BCUT2D eigenvalue weighted by molar-refractivity contribution is -0.117. The molecule has 3 nitrogen and oxygen atoms in total. The van der Waals surface area contributed by atoms with Gasteiger partial charge in [-0.15, -0.1) is 0 Å². The molecule has 0 aliphatic carbocycles. The quantitative estimate of drug-likeness (QED) is 0.859. The van der Waals surface area contributed by atoms with Gasteiger partial charge in [0, 0.05) is 8.95 Å². The predicted octanol–water partition coefficient (Wildman–Crippen LogP) is 3.52. The lowest BCUT2D eigenvalue weighted by atomic mass is 10.0. The van der Waals surface area contributed by atoms with Gasteiger partial charge < -0.3 is 11.1 Å². The molecule has 0 aromatic heterocycles. The molecule has 1 amide bonds. The fourth-order valence-corrected chi connectivity index (χ4v) is 2.58. The predicted molar refractivity (Wildman–Crippen MR) is 77.9 cm³/mol. The minimum absolute atomic E-state index is 0.151. The Bertz CT molecular complexity index is 407. The standard InChI is InChI=1S/C12H16Br2N2O/c1-7(2)5-10(15)12(17)16-11-4-3-8(13)6-9(11)14/h3-4,6-7,10H,5,15H2,1-2H3,(H,16,17). The number of nitrogens with one attached hydrogen (secondary N) is 1. The number of carbonyl (C=O) groups is 1. The van der Waals surface area contributed by atoms with Crippen LogP contribution in [0.3, 0.4) is 0 Å². The summed E-state index contributed by atoms with van der Waals surface area (Å²) >= 11 is 6.75. The Balaban J connectivity index is 2.67. The maximum atomic E-state index is 11.8. The number of halogens is 2. The maximum Gasteiger partial charge on any atom is 0.241 e. The summed E-state index contributed by atoms with van der Waals surface area (Å²) in [6.07, 6.45) is 0.681. The fourth-order valence-electron chi connectivity index (χ4n) is 1.43. The van der Waals surface area contributed by atoms with Crippen molar-refractivity contribution in [2.24, 2.45) is 11.7 Å². The Morgan fingerprint density at radius 2 is 2.06 bits per heavy atom. The van der Waals surface area contributed by atoms with Gasteiger partial charge in [-0.3, -0.25) is 4.79 Å². The minimum atomic E-state index is -0.467. The molecular formula is C12H16Br2N2O. The number of benzene rings is 1. The summed E-state index contributed by atoms with van der Waals surface area (Å²) in [7, 11) is 0. The third kappa shape index (κ3) is 4.77.